The van der Waals surface area contributed by atoms with Crippen molar-refractivity contribution in [3.8, 4) is 5.75 Å². The van der Waals surface area contributed by atoms with E-state index in [0.717, 1.165) is 40.3 Å². The maximum atomic E-state index is 13.8. The summed E-state index contributed by atoms with van der Waals surface area (Å²) < 4.78 is 7.40. The summed E-state index contributed by atoms with van der Waals surface area (Å²) in [5, 5.41) is 8.80. The molecule has 0 bridgehead atoms. The number of carbonyl (C=O) groups excluding carboxylic acids is 5. The maximum Gasteiger partial charge on any atom is 0.319 e. The number of thiophene rings is 1. The number of likely N-dealkylation sites (tertiary alicyclic amines) is 1. The van der Waals surface area contributed by atoms with Crippen molar-refractivity contribution in [2.75, 3.05) is 25.0 Å². The molecule has 10 nitrogen and oxygen atoms in total. The van der Waals surface area contributed by atoms with Crippen molar-refractivity contribution in [1.29, 1.82) is 0 Å². The molecule has 0 aliphatic carbocycles. The highest BCUT2D eigenvalue weighted by Gasteiger charge is 2.44. The molecule has 0 atom stereocenters. The van der Waals surface area contributed by atoms with Crippen molar-refractivity contribution in [2.24, 2.45) is 0 Å². The van der Waals surface area contributed by atoms with Gasteiger partial charge in [0, 0.05) is 42.6 Å². The third-order valence-corrected chi connectivity index (χ3v) is 10.1. The number of nitrogens with zero attached hydrogens (tertiary/aromatic N) is 1. The molecule has 3 aromatic rings. The average molecular weight is 633 g/mol. The lowest BCUT2D eigenvalue weighted by Gasteiger charge is -2.44. The van der Waals surface area contributed by atoms with Gasteiger partial charge in [-0.15, -0.1) is 11.3 Å². The van der Waals surface area contributed by atoms with Crippen molar-refractivity contribution in [2.45, 2.75) is 51.0 Å². The monoisotopic (exact) mass is 632 g/mol. The molecule has 5 amide bonds. The number of piperidine rings is 1. The van der Waals surface area contributed by atoms with Crippen LogP contribution in [0.2, 0.25) is 0 Å². The van der Waals surface area contributed by atoms with E-state index in [1.165, 1.54) is 11.3 Å². The minimum Gasteiger partial charge on any atom is -0.486 e. The number of amides is 5. The number of carbonyl (C=O) groups is 5. The molecule has 3 aliphatic heterocycles. The van der Waals surface area contributed by atoms with Gasteiger partial charge in [-0.3, -0.25) is 29.8 Å². The zero-order valence-corrected chi connectivity index (χ0v) is 25.8. The number of Topliss-reactive ketones (excluding diaryl/α,β-unsaturated/α-hetero) is 1. The van der Waals surface area contributed by atoms with Crippen LogP contribution in [0.15, 0.2) is 53.4 Å². The number of ether oxygens (including phenoxy) is 1. The van der Waals surface area contributed by atoms with Gasteiger partial charge in [0.1, 0.15) is 16.4 Å². The second-order valence-corrected chi connectivity index (χ2v) is 13.2. The number of urea groups is 1. The number of hydrogen-bond acceptors (Lipinski definition) is 8. The van der Waals surface area contributed by atoms with Gasteiger partial charge in [-0.1, -0.05) is 30.3 Å². The van der Waals surface area contributed by atoms with E-state index >= 15 is 0 Å². The summed E-state index contributed by atoms with van der Waals surface area (Å²) in [5.74, 6) is 0.107. The SMILES string of the molecule is CCNC(=O)Nc1sc2ccccc2c1C(=O)N1CCC2(CC1)CC(=O)c1cc(CCC/C=C3/SC(=O)NC3=O)ccc1O2. The first-order valence-electron chi connectivity index (χ1n) is 14.7. The smallest absolute Gasteiger partial charge is 0.319 e. The van der Waals surface area contributed by atoms with E-state index in [9.17, 15) is 24.0 Å². The minimum absolute atomic E-state index is 0.0322. The molecule has 4 heterocycles. The van der Waals surface area contributed by atoms with Crippen LogP contribution < -0.4 is 20.7 Å². The summed E-state index contributed by atoms with van der Waals surface area (Å²) in [5.41, 5.74) is 1.41. The van der Waals surface area contributed by atoms with E-state index in [0.29, 0.717) is 65.7 Å². The molecule has 2 aromatic carbocycles. The summed E-state index contributed by atoms with van der Waals surface area (Å²) >= 11 is 2.29. The highest BCUT2D eigenvalue weighted by atomic mass is 32.2. The topological polar surface area (TPSA) is 134 Å². The third-order valence-electron chi connectivity index (χ3n) is 8.13. The quantitative estimate of drug-likeness (QED) is 0.219. The number of benzene rings is 2. The average Bonchev–Trinajstić information content (AvgIpc) is 3.53. The normalized spacial score (nSPS) is 18.3. The van der Waals surface area contributed by atoms with Gasteiger partial charge >= 0.3 is 6.03 Å². The lowest BCUT2D eigenvalue weighted by atomic mass is 9.82. The Balaban J connectivity index is 1.10. The van der Waals surface area contributed by atoms with Gasteiger partial charge in [-0.05, 0) is 61.7 Å². The van der Waals surface area contributed by atoms with Crippen LogP contribution in [0.5, 0.6) is 5.75 Å². The van der Waals surface area contributed by atoms with Crippen LogP contribution in [0.1, 0.15) is 65.3 Å². The maximum absolute atomic E-state index is 13.8. The van der Waals surface area contributed by atoms with Crippen LogP contribution in [0.25, 0.3) is 10.1 Å². The Hall–Kier alpha value is -4.16. The fourth-order valence-electron chi connectivity index (χ4n) is 5.90. The van der Waals surface area contributed by atoms with Crippen LogP contribution in [0, 0.1) is 0 Å². The van der Waals surface area contributed by atoms with Gasteiger partial charge in [-0.25, -0.2) is 4.79 Å². The van der Waals surface area contributed by atoms with Gasteiger partial charge in [0.15, 0.2) is 5.78 Å². The highest BCUT2D eigenvalue weighted by molar-refractivity contribution is 8.18. The van der Waals surface area contributed by atoms with Gasteiger partial charge in [0.05, 0.1) is 22.5 Å². The number of unbranched alkanes of at least 4 members (excludes halogenated alkanes) is 1. The van der Waals surface area contributed by atoms with Gasteiger partial charge in [0.25, 0.3) is 17.1 Å². The number of aryl methyl sites for hydroxylation is 1. The molecule has 44 heavy (non-hydrogen) atoms. The number of rotatable bonds is 7. The van der Waals surface area contributed by atoms with E-state index in [1.807, 2.05) is 49.4 Å². The number of nitrogens with one attached hydrogen (secondary N) is 3. The fraction of sp³-hybridized carbons (Fsp3) is 0.344. The third kappa shape index (κ3) is 6.09. The first-order chi connectivity index (χ1) is 21.2. The van der Waals surface area contributed by atoms with Crippen molar-refractivity contribution in [3.63, 3.8) is 0 Å². The van der Waals surface area contributed by atoms with Crippen molar-refractivity contribution >= 4 is 67.1 Å². The molecule has 228 valence electrons. The predicted octanol–water partition coefficient (Wildman–Crippen LogP) is 5.87. The molecular weight excluding hydrogens is 601 g/mol. The van der Waals surface area contributed by atoms with E-state index < -0.39 is 5.60 Å². The van der Waals surface area contributed by atoms with E-state index in [2.05, 4.69) is 16.0 Å². The molecule has 0 radical (unpaired) electrons. The Kier molecular flexibility index (Phi) is 8.46. The molecule has 6 rings (SSSR count). The zero-order chi connectivity index (χ0) is 30.8. The van der Waals surface area contributed by atoms with Crippen LogP contribution in [-0.2, 0) is 11.2 Å². The second kappa shape index (κ2) is 12.4. The molecule has 1 spiro atoms. The van der Waals surface area contributed by atoms with Gasteiger partial charge in [0.2, 0.25) is 0 Å². The van der Waals surface area contributed by atoms with Gasteiger partial charge < -0.3 is 15.0 Å². The lowest BCUT2D eigenvalue weighted by Crippen LogP contribution is -2.52. The Bertz CT molecular complexity index is 1710. The van der Waals surface area contributed by atoms with E-state index in [-0.39, 0.29) is 35.3 Å². The fourth-order valence-corrected chi connectivity index (χ4v) is 7.68. The Morgan fingerprint density at radius 1 is 1.11 bits per heavy atom. The van der Waals surface area contributed by atoms with Crippen LogP contribution in [0.4, 0.5) is 14.6 Å². The van der Waals surface area contributed by atoms with Crippen LogP contribution in [-0.4, -0.2) is 59.0 Å². The van der Waals surface area contributed by atoms with Crippen LogP contribution in [0.3, 0.4) is 0 Å². The summed E-state index contributed by atoms with van der Waals surface area (Å²) in [7, 11) is 0. The number of fused-ring (bicyclic) bond motifs is 2. The van der Waals surface area contributed by atoms with E-state index in [1.54, 1.807) is 11.0 Å². The number of hydrogen-bond donors (Lipinski definition) is 3. The zero-order valence-electron chi connectivity index (χ0n) is 24.2. The van der Waals surface area contributed by atoms with Crippen LogP contribution >= 0.6 is 23.1 Å². The van der Waals surface area contributed by atoms with Gasteiger partial charge in [-0.2, -0.15) is 0 Å². The summed E-state index contributed by atoms with van der Waals surface area (Å²) in [6.45, 7) is 3.17. The minimum atomic E-state index is -0.662. The molecule has 2 saturated heterocycles. The largest absolute Gasteiger partial charge is 0.486 e. The molecular formula is C32H32N4O6S2. The molecule has 3 N–H and O–H groups in total. The molecule has 1 aromatic heterocycles. The number of ketones is 1. The highest BCUT2D eigenvalue weighted by Crippen LogP contribution is 2.42. The Morgan fingerprint density at radius 2 is 1.91 bits per heavy atom. The number of allylic oxidation sites excluding steroid dienone is 1. The van der Waals surface area contributed by atoms with E-state index in [4.69, 9.17) is 4.74 Å². The van der Waals surface area contributed by atoms with Crippen molar-refractivity contribution in [3.05, 3.63) is 70.1 Å². The summed E-state index contributed by atoms with van der Waals surface area (Å²) in [6.07, 6.45) is 5.22. The summed E-state index contributed by atoms with van der Waals surface area (Å²) in [4.78, 5) is 64.7. The molecule has 2 fully saturated rings. The lowest BCUT2D eigenvalue weighted by molar-refractivity contribution is -0.115. The molecule has 0 saturated carbocycles. The first-order valence-corrected chi connectivity index (χ1v) is 16.3. The first kappa shape index (κ1) is 29.9. The molecule has 12 heteroatoms. The number of imide groups is 1. The molecule has 0 unspecified atom stereocenters. The standard InChI is InChI=1S/C32H32N4O6S2/c1-2-33-30(40)35-28-26(20-8-4-6-9-24(20)43-28)29(39)36-15-13-32(14-16-36)18-22(37)21-17-19(11-12-23(21)42-32)7-3-5-10-25-27(38)34-31(41)44-25/h4,6,8-12,17H,2-3,5,7,13-16,18H2,1H3,(H2,33,35,40)(H,34,38,41)/b25-10+. The number of anilines is 1. The summed E-state index contributed by atoms with van der Waals surface area (Å²) in [6, 6.07) is 13.0. The molecule has 3 aliphatic rings. The predicted molar refractivity (Wildman–Crippen MR) is 171 cm³/mol. The second-order valence-electron chi connectivity index (χ2n) is 11.1. The van der Waals surface area contributed by atoms with Crippen molar-refractivity contribution < 1.29 is 28.7 Å². The Morgan fingerprint density at radius 3 is 2.66 bits per heavy atom. The number of thioether (sulfide) groups is 1. The van der Waals surface area contributed by atoms with Crippen molar-refractivity contribution in [1.82, 2.24) is 15.5 Å². The Labute approximate surface area is 262 Å².